The van der Waals surface area contributed by atoms with Crippen LogP contribution in [0.3, 0.4) is 0 Å². The Bertz CT molecular complexity index is 1040. The summed E-state index contributed by atoms with van der Waals surface area (Å²) in [5, 5.41) is 0. The number of halogens is 1. The second-order valence-electron chi connectivity index (χ2n) is 7.04. The summed E-state index contributed by atoms with van der Waals surface area (Å²) in [6, 6.07) is 11.0. The quantitative estimate of drug-likeness (QED) is 0.715. The first-order valence-corrected chi connectivity index (χ1v) is 11.3. The van der Waals surface area contributed by atoms with Crippen molar-refractivity contribution in [2.75, 3.05) is 15.7 Å². The molecule has 0 aromatic heterocycles. The number of hydrogen-bond acceptors (Lipinski definition) is 3. The van der Waals surface area contributed by atoms with Crippen molar-refractivity contribution in [2.24, 2.45) is 0 Å². The van der Waals surface area contributed by atoms with Crippen LogP contribution in [-0.2, 0) is 27.7 Å². The van der Waals surface area contributed by atoms with Gasteiger partial charge in [-0.2, -0.15) is 0 Å². The van der Waals surface area contributed by atoms with Crippen molar-refractivity contribution in [3.05, 3.63) is 52.0 Å². The van der Waals surface area contributed by atoms with Crippen molar-refractivity contribution < 1.29 is 13.2 Å². The Morgan fingerprint density at radius 2 is 1.93 bits per heavy atom. The number of carbonyl (C=O) groups is 1. The number of sulfonamides is 1. The van der Waals surface area contributed by atoms with Crippen LogP contribution in [0.15, 0.2) is 45.8 Å². The first-order chi connectivity index (χ1) is 12.8. The van der Waals surface area contributed by atoms with E-state index < -0.39 is 10.0 Å². The summed E-state index contributed by atoms with van der Waals surface area (Å²) < 4.78 is 29.2. The number of benzene rings is 2. The van der Waals surface area contributed by atoms with Gasteiger partial charge in [0.25, 0.3) is 10.0 Å². The number of fused-ring (bicyclic) bond motifs is 2. The zero-order valence-electron chi connectivity index (χ0n) is 15.3. The number of rotatable bonds is 3. The molecule has 2 aliphatic heterocycles. The van der Waals surface area contributed by atoms with E-state index in [-0.39, 0.29) is 16.8 Å². The highest BCUT2D eigenvalue weighted by Crippen LogP contribution is 2.41. The lowest BCUT2D eigenvalue weighted by Crippen LogP contribution is -2.36. The lowest BCUT2D eigenvalue weighted by molar-refractivity contribution is -0.118. The van der Waals surface area contributed by atoms with E-state index in [9.17, 15) is 13.2 Å². The molecule has 0 bridgehead atoms. The van der Waals surface area contributed by atoms with E-state index in [0.29, 0.717) is 29.5 Å². The summed E-state index contributed by atoms with van der Waals surface area (Å²) in [6.07, 6.45) is 1.83. The van der Waals surface area contributed by atoms with Gasteiger partial charge in [0.15, 0.2) is 0 Å². The molecule has 0 unspecified atom stereocenters. The second kappa shape index (κ2) is 6.63. The molecule has 0 N–H and O–H groups in total. The number of carbonyl (C=O) groups excluding carboxylic acids is 1. The topological polar surface area (TPSA) is 57.7 Å². The van der Waals surface area contributed by atoms with E-state index in [0.717, 1.165) is 23.2 Å². The van der Waals surface area contributed by atoms with E-state index in [4.69, 9.17) is 0 Å². The van der Waals surface area contributed by atoms with E-state index in [1.807, 2.05) is 44.2 Å². The minimum absolute atomic E-state index is 0.0132. The average Bonchev–Trinajstić information content (AvgIpc) is 3.19. The minimum Gasteiger partial charge on any atom is -0.312 e. The third-order valence-corrected chi connectivity index (χ3v) is 8.20. The predicted molar refractivity (Wildman–Crippen MR) is 110 cm³/mol. The number of hydrogen-bond donors (Lipinski definition) is 0. The molecular formula is C20H21BrN2O3S. The number of anilines is 2. The van der Waals surface area contributed by atoms with E-state index in [2.05, 4.69) is 15.9 Å². The molecule has 0 saturated heterocycles. The smallest absolute Gasteiger partial charge is 0.265 e. The minimum atomic E-state index is -3.76. The number of amides is 1. The Morgan fingerprint density at radius 3 is 2.67 bits per heavy atom. The van der Waals surface area contributed by atoms with E-state index >= 15 is 0 Å². The SMILES string of the molecule is CCC(=O)N1CCc2cc(Br)c(S(=O)(=O)N3c4ccccc4C[C@@H]3C)cc21. The van der Waals surface area contributed by atoms with Crippen LogP contribution in [0.4, 0.5) is 11.4 Å². The Hall–Kier alpha value is -1.86. The van der Waals surface area contributed by atoms with Gasteiger partial charge in [0.1, 0.15) is 4.90 Å². The molecule has 0 aliphatic carbocycles. The van der Waals surface area contributed by atoms with E-state index in [1.165, 1.54) is 4.31 Å². The molecule has 2 aromatic carbocycles. The molecule has 0 spiro atoms. The summed E-state index contributed by atoms with van der Waals surface area (Å²) >= 11 is 3.46. The standard InChI is InChI=1S/C20H21BrN2O3S/c1-3-20(24)22-9-8-15-11-16(21)19(12-18(15)22)27(25,26)23-13(2)10-14-6-4-5-7-17(14)23/h4-7,11-13H,3,8-10H2,1-2H3/t13-/m0/s1. The Kier molecular flexibility index (Phi) is 4.55. The third kappa shape index (κ3) is 2.88. The van der Waals surface area contributed by atoms with Crippen LogP contribution in [0.1, 0.15) is 31.4 Å². The molecule has 142 valence electrons. The molecule has 2 aliphatic rings. The summed E-state index contributed by atoms with van der Waals surface area (Å²) in [6.45, 7) is 4.34. The fraction of sp³-hybridized carbons (Fsp3) is 0.350. The summed E-state index contributed by atoms with van der Waals surface area (Å²) in [5.74, 6) is 0.0132. The van der Waals surface area contributed by atoms with Gasteiger partial charge in [-0.15, -0.1) is 0 Å². The highest BCUT2D eigenvalue weighted by molar-refractivity contribution is 9.10. The lowest BCUT2D eigenvalue weighted by atomic mass is 10.1. The maximum absolute atomic E-state index is 13.6. The molecule has 1 amide bonds. The van der Waals surface area contributed by atoms with Gasteiger partial charge in [-0.05, 0) is 65.0 Å². The summed E-state index contributed by atoms with van der Waals surface area (Å²) in [7, 11) is -3.76. The maximum Gasteiger partial charge on any atom is 0.265 e. The molecule has 2 heterocycles. The highest BCUT2D eigenvalue weighted by atomic mass is 79.9. The van der Waals surface area contributed by atoms with Crippen LogP contribution in [0, 0.1) is 0 Å². The average molecular weight is 449 g/mol. The van der Waals surface area contributed by atoms with Gasteiger partial charge in [0.2, 0.25) is 5.91 Å². The first-order valence-electron chi connectivity index (χ1n) is 9.09. The van der Waals surface area contributed by atoms with Gasteiger partial charge in [-0.3, -0.25) is 9.10 Å². The number of nitrogens with zero attached hydrogens (tertiary/aromatic N) is 2. The normalized spacial score (nSPS) is 18.6. The molecule has 0 fully saturated rings. The van der Waals surface area contributed by atoms with Crippen LogP contribution in [0.25, 0.3) is 0 Å². The second-order valence-corrected chi connectivity index (χ2v) is 9.68. The van der Waals surface area contributed by atoms with Gasteiger partial charge in [0, 0.05) is 29.2 Å². The van der Waals surface area contributed by atoms with Gasteiger partial charge in [-0.1, -0.05) is 25.1 Å². The molecule has 2 aromatic rings. The van der Waals surface area contributed by atoms with Gasteiger partial charge in [0.05, 0.1) is 5.69 Å². The Labute approximate surface area is 168 Å². The highest BCUT2D eigenvalue weighted by Gasteiger charge is 2.38. The van der Waals surface area contributed by atoms with Crippen LogP contribution >= 0.6 is 15.9 Å². The van der Waals surface area contributed by atoms with E-state index in [1.54, 1.807) is 11.0 Å². The molecule has 0 radical (unpaired) electrons. The van der Waals surface area contributed by atoms with Crippen LogP contribution < -0.4 is 9.21 Å². The zero-order chi connectivity index (χ0) is 19.3. The predicted octanol–water partition coefficient (Wildman–Crippen LogP) is 3.89. The monoisotopic (exact) mass is 448 g/mol. The summed E-state index contributed by atoms with van der Waals surface area (Å²) in [4.78, 5) is 14.2. The van der Waals surface area contributed by atoms with Crippen molar-refractivity contribution in [3.8, 4) is 0 Å². The van der Waals surface area contributed by atoms with Crippen LogP contribution in [0.2, 0.25) is 0 Å². The zero-order valence-corrected chi connectivity index (χ0v) is 17.7. The molecule has 27 heavy (non-hydrogen) atoms. The first kappa shape index (κ1) is 18.5. The lowest BCUT2D eigenvalue weighted by Gasteiger charge is -2.26. The molecular weight excluding hydrogens is 428 g/mol. The van der Waals surface area contributed by atoms with Gasteiger partial charge < -0.3 is 4.90 Å². The van der Waals surface area contributed by atoms with Crippen LogP contribution in [-0.4, -0.2) is 26.9 Å². The van der Waals surface area contributed by atoms with Crippen LogP contribution in [0.5, 0.6) is 0 Å². The molecule has 5 nitrogen and oxygen atoms in total. The fourth-order valence-electron chi connectivity index (χ4n) is 4.05. The molecule has 1 atom stereocenters. The fourth-order valence-corrected chi connectivity index (χ4v) is 6.81. The number of para-hydroxylation sites is 1. The van der Waals surface area contributed by atoms with Gasteiger partial charge in [-0.25, -0.2) is 8.42 Å². The largest absolute Gasteiger partial charge is 0.312 e. The molecule has 7 heteroatoms. The maximum atomic E-state index is 13.6. The Balaban J connectivity index is 1.83. The molecule has 0 saturated carbocycles. The van der Waals surface area contributed by atoms with Crippen molar-refractivity contribution in [1.82, 2.24) is 0 Å². The summed E-state index contributed by atoms with van der Waals surface area (Å²) in [5.41, 5.74) is 3.48. The van der Waals surface area contributed by atoms with Crippen molar-refractivity contribution in [3.63, 3.8) is 0 Å². The van der Waals surface area contributed by atoms with Crippen molar-refractivity contribution in [1.29, 1.82) is 0 Å². The Morgan fingerprint density at radius 1 is 1.19 bits per heavy atom. The van der Waals surface area contributed by atoms with Crippen molar-refractivity contribution in [2.45, 2.75) is 44.0 Å². The van der Waals surface area contributed by atoms with Gasteiger partial charge >= 0.3 is 0 Å². The van der Waals surface area contributed by atoms with Crippen molar-refractivity contribution >= 4 is 43.2 Å². The molecule has 4 rings (SSSR count). The third-order valence-electron chi connectivity index (χ3n) is 5.31.